The molecule has 0 aromatic heterocycles. The third-order valence-electron chi connectivity index (χ3n) is 2.64. The summed E-state index contributed by atoms with van der Waals surface area (Å²) in [6.45, 7) is 0. The van der Waals surface area contributed by atoms with Crippen LogP contribution in [-0.2, 0) is 4.79 Å². The van der Waals surface area contributed by atoms with Gasteiger partial charge in [-0.25, -0.2) is 5.43 Å². The first-order valence-electron chi connectivity index (χ1n) is 5.50. The number of nitrogens with zero attached hydrogens (tertiary/aromatic N) is 1. The van der Waals surface area contributed by atoms with Crippen molar-refractivity contribution in [2.45, 2.75) is 18.9 Å². The zero-order chi connectivity index (χ0) is 12.1. The van der Waals surface area contributed by atoms with E-state index in [1.54, 1.807) is 12.1 Å². The van der Waals surface area contributed by atoms with Gasteiger partial charge in [0.25, 0.3) is 0 Å². The van der Waals surface area contributed by atoms with Crippen molar-refractivity contribution in [1.29, 1.82) is 5.26 Å². The van der Waals surface area contributed by atoms with Gasteiger partial charge in [-0.2, -0.15) is 5.26 Å². The van der Waals surface area contributed by atoms with Crippen molar-refractivity contribution in [3.8, 4) is 6.07 Å². The van der Waals surface area contributed by atoms with Gasteiger partial charge in [0, 0.05) is 12.5 Å². The quantitative estimate of drug-likeness (QED) is 0.801. The molecule has 1 aliphatic heterocycles. The van der Waals surface area contributed by atoms with Gasteiger partial charge in [-0.05, 0) is 24.1 Å². The summed E-state index contributed by atoms with van der Waals surface area (Å²) in [6, 6.07) is 9.62. The standard InChI is InChI=1S/C13H13N3O/c14-9-11-3-1-10(2-4-11)5-6-12-7-8-13(17)16-15-12/h1-6,12,15H,7-8H2,(H,16,17)/b6-5+. The summed E-state index contributed by atoms with van der Waals surface area (Å²) in [5.41, 5.74) is 7.23. The minimum absolute atomic E-state index is 0.0352. The Bertz CT molecular complexity index is 460. The maximum atomic E-state index is 10.9. The number of benzene rings is 1. The molecule has 1 heterocycles. The number of hydrogen-bond acceptors (Lipinski definition) is 3. The van der Waals surface area contributed by atoms with Crippen molar-refractivity contribution >= 4 is 12.0 Å². The van der Waals surface area contributed by atoms with Gasteiger partial charge in [0.15, 0.2) is 0 Å². The Kier molecular flexibility index (Phi) is 3.53. The Labute approximate surface area is 99.9 Å². The second-order valence-corrected chi connectivity index (χ2v) is 3.93. The van der Waals surface area contributed by atoms with E-state index in [4.69, 9.17) is 5.26 Å². The molecule has 1 saturated heterocycles. The van der Waals surface area contributed by atoms with E-state index in [9.17, 15) is 4.79 Å². The molecule has 0 spiro atoms. The van der Waals surface area contributed by atoms with Crippen LogP contribution in [0.3, 0.4) is 0 Å². The van der Waals surface area contributed by atoms with Crippen molar-refractivity contribution in [3.05, 3.63) is 41.5 Å². The van der Waals surface area contributed by atoms with E-state index in [1.165, 1.54) is 0 Å². The summed E-state index contributed by atoms with van der Waals surface area (Å²) in [4.78, 5) is 10.9. The lowest BCUT2D eigenvalue weighted by Crippen LogP contribution is -2.48. The van der Waals surface area contributed by atoms with Gasteiger partial charge in [0.05, 0.1) is 11.6 Å². The van der Waals surface area contributed by atoms with E-state index in [2.05, 4.69) is 16.9 Å². The Balaban J connectivity index is 1.95. The van der Waals surface area contributed by atoms with Crippen LogP contribution in [0.4, 0.5) is 0 Å². The highest BCUT2D eigenvalue weighted by Gasteiger charge is 2.13. The Morgan fingerprint density at radius 2 is 2.12 bits per heavy atom. The molecule has 0 aliphatic carbocycles. The average Bonchev–Trinajstić information content (AvgIpc) is 2.39. The maximum Gasteiger partial charge on any atom is 0.234 e. The summed E-state index contributed by atoms with van der Waals surface area (Å²) < 4.78 is 0. The average molecular weight is 227 g/mol. The number of hydrazine groups is 1. The molecular formula is C13H13N3O. The highest BCUT2D eigenvalue weighted by atomic mass is 16.2. The van der Waals surface area contributed by atoms with E-state index >= 15 is 0 Å². The molecule has 2 rings (SSSR count). The van der Waals surface area contributed by atoms with E-state index in [0.29, 0.717) is 12.0 Å². The SMILES string of the molecule is N#Cc1ccc(/C=C/C2CCC(=O)NN2)cc1. The van der Waals surface area contributed by atoms with Gasteiger partial charge < -0.3 is 0 Å². The molecular weight excluding hydrogens is 214 g/mol. The van der Waals surface area contributed by atoms with Crippen LogP contribution >= 0.6 is 0 Å². The number of rotatable bonds is 2. The van der Waals surface area contributed by atoms with Crippen LogP contribution in [0.5, 0.6) is 0 Å². The van der Waals surface area contributed by atoms with Crippen molar-refractivity contribution in [2.24, 2.45) is 0 Å². The summed E-state index contributed by atoms with van der Waals surface area (Å²) in [7, 11) is 0. The summed E-state index contributed by atoms with van der Waals surface area (Å²) in [6.07, 6.45) is 5.35. The van der Waals surface area contributed by atoms with Gasteiger partial charge in [-0.15, -0.1) is 0 Å². The monoisotopic (exact) mass is 227 g/mol. The second-order valence-electron chi connectivity index (χ2n) is 3.93. The van der Waals surface area contributed by atoms with Crippen molar-refractivity contribution < 1.29 is 4.79 Å². The number of nitrogens with one attached hydrogen (secondary N) is 2. The predicted octanol–water partition coefficient (Wildman–Crippen LogP) is 1.35. The number of hydrogen-bond donors (Lipinski definition) is 2. The van der Waals surface area contributed by atoms with Gasteiger partial charge in [0.1, 0.15) is 0 Å². The lowest BCUT2D eigenvalue weighted by atomic mass is 10.1. The lowest BCUT2D eigenvalue weighted by molar-refractivity contribution is -0.123. The molecule has 1 aliphatic rings. The number of carbonyl (C=O) groups is 1. The van der Waals surface area contributed by atoms with Gasteiger partial charge >= 0.3 is 0 Å². The summed E-state index contributed by atoms with van der Waals surface area (Å²) >= 11 is 0. The molecule has 1 aromatic carbocycles. The third-order valence-corrected chi connectivity index (χ3v) is 2.64. The molecule has 1 atom stereocenters. The highest BCUT2D eigenvalue weighted by molar-refractivity contribution is 5.76. The number of nitriles is 1. The molecule has 4 nitrogen and oxygen atoms in total. The molecule has 1 unspecified atom stereocenters. The van der Waals surface area contributed by atoms with Gasteiger partial charge in [-0.3, -0.25) is 10.2 Å². The fourth-order valence-electron chi connectivity index (χ4n) is 1.63. The number of amides is 1. The smallest absolute Gasteiger partial charge is 0.234 e. The third kappa shape index (κ3) is 3.16. The van der Waals surface area contributed by atoms with Crippen LogP contribution in [-0.4, -0.2) is 11.9 Å². The first kappa shape index (κ1) is 11.4. The zero-order valence-corrected chi connectivity index (χ0v) is 9.31. The molecule has 0 saturated carbocycles. The van der Waals surface area contributed by atoms with Crippen molar-refractivity contribution in [2.75, 3.05) is 0 Å². The number of carbonyl (C=O) groups excluding carboxylic acids is 1. The molecule has 1 fully saturated rings. The Morgan fingerprint density at radius 3 is 2.71 bits per heavy atom. The molecule has 1 aromatic rings. The summed E-state index contributed by atoms with van der Waals surface area (Å²) in [5, 5.41) is 8.67. The molecule has 1 amide bonds. The lowest BCUT2D eigenvalue weighted by Gasteiger charge is -2.20. The molecule has 0 radical (unpaired) electrons. The molecule has 2 N–H and O–H groups in total. The van der Waals surface area contributed by atoms with E-state index in [-0.39, 0.29) is 11.9 Å². The van der Waals surface area contributed by atoms with E-state index in [1.807, 2.05) is 24.3 Å². The fourth-order valence-corrected chi connectivity index (χ4v) is 1.63. The minimum Gasteiger partial charge on any atom is -0.291 e. The van der Waals surface area contributed by atoms with E-state index in [0.717, 1.165) is 12.0 Å². The van der Waals surface area contributed by atoms with Crippen LogP contribution < -0.4 is 10.9 Å². The molecule has 0 bridgehead atoms. The predicted molar refractivity (Wildman–Crippen MR) is 64.5 cm³/mol. The molecule has 4 heteroatoms. The molecule has 17 heavy (non-hydrogen) atoms. The largest absolute Gasteiger partial charge is 0.291 e. The topological polar surface area (TPSA) is 64.9 Å². The van der Waals surface area contributed by atoms with Crippen LogP contribution in [0.1, 0.15) is 24.0 Å². The Hall–Kier alpha value is -2.12. The van der Waals surface area contributed by atoms with Crippen molar-refractivity contribution in [3.63, 3.8) is 0 Å². The zero-order valence-electron chi connectivity index (χ0n) is 9.31. The second kappa shape index (κ2) is 5.28. The van der Waals surface area contributed by atoms with Crippen LogP contribution in [0.25, 0.3) is 6.08 Å². The van der Waals surface area contributed by atoms with Crippen LogP contribution in [0, 0.1) is 11.3 Å². The van der Waals surface area contributed by atoms with Crippen LogP contribution in [0.2, 0.25) is 0 Å². The first-order valence-corrected chi connectivity index (χ1v) is 5.50. The van der Waals surface area contributed by atoms with Crippen LogP contribution in [0.15, 0.2) is 30.3 Å². The molecule has 86 valence electrons. The van der Waals surface area contributed by atoms with Gasteiger partial charge in [-0.1, -0.05) is 24.3 Å². The maximum absolute atomic E-state index is 10.9. The highest BCUT2D eigenvalue weighted by Crippen LogP contribution is 2.08. The van der Waals surface area contributed by atoms with E-state index < -0.39 is 0 Å². The summed E-state index contributed by atoms with van der Waals surface area (Å²) in [5.74, 6) is 0.0352. The minimum atomic E-state index is 0.0352. The normalized spacial score (nSPS) is 19.9. The van der Waals surface area contributed by atoms with Gasteiger partial charge in [0.2, 0.25) is 5.91 Å². The Morgan fingerprint density at radius 1 is 1.35 bits per heavy atom. The fraction of sp³-hybridized carbons (Fsp3) is 0.231. The first-order chi connectivity index (χ1) is 8.28. The van der Waals surface area contributed by atoms with Crippen molar-refractivity contribution in [1.82, 2.24) is 10.9 Å².